The molecule has 0 aliphatic heterocycles. The second-order valence-corrected chi connectivity index (χ2v) is 10.3. The molecule has 36 heavy (non-hydrogen) atoms. The van der Waals surface area contributed by atoms with Crippen molar-refractivity contribution in [1.82, 2.24) is 5.32 Å². The van der Waals surface area contributed by atoms with E-state index in [1.807, 2.05) is 36.4 Å². The molecule has 2 saturated carbocycles. The summed E-state index contributed by atoms with van der Waals surface area (Å²) in [6.07, 6.45) is 14.2. The average Bonchev–Trinajstić information content (AvgIpc) is 2.93. The molecule has 4 rings (SSSR count). The first-order valence-corrected chi connectivity index (χ1v) is 13.9. The SMILES string of the molecule is CCCCC(=O)c1ccc(-c2ccc(C(=O)OC(=NC3CCCCC3)NC3CCCCC3)cc2)cc1. The Balaban J connectivity index is 1.41. The summed E-state index contributed by atoms with van der Waals surface area (Å²) in [5.41, 5.74) is 3.27. The lowest BCUT2D eigenvalue weighted by atomic mass is 9.95. The van der Waals surface area contributed by atoms with Gasteiger partial charge in [0.1, 0.15) is 0 Å². The Labute approximate surface area is 215 Å². The van der Waals surface area contributed by atoms with E-state index in [0.717, 1.165) is 55.2 Å². The lowest BCUT2D eigenvalue weighted by Gasteiger charge is -2.25. The number of nitrogens with zero attached hydrogens (tertiary/aromatic N) is 1. The summed E-state index contributed by atoms with van der Waals surface area (Å²) in [4.78, 5) is 30.1. The van der Waals surface area contributed by atoms with Gasteiger partial charge >= 0.3 is 5.97 Å². The van der Waals surface area contributed by atoms with Crippen molar-refractivity contribution in [2.24, 2.45) is 4.99 Å². The molecule has 2 aliphatic carbocycles. The van der Waals surface area contributed by atoms with Crippen LogP contribution >= 0.6 is 0 Å². The Morgan fingerprint density at radius 3 is 1.94 bits per heavy atom. The lowest BCUT2D eigenvalue weighted by Crippen LogP contribution is -2.39. The fourth-order valence-electron chi connectivity index (χ4n) is 5.17. The summed E-state index contributed by atoms with van der Waals surface area (Å²) in [7, 11) is 0. The Morgan fingerprint density at radius 1 is 0.806 bits per heavy atom. The Kier molecular flexibility index (Phi) is 9.71. The summed E-state index contributed by atoms with van der Waals surface area (Å²) in [6, 6.07) is 16.1. The molecule has 0 amide bonds. The molecule has 192 valence electrons. The number of unbranched alkanes of at least 4 members (excludes halogenated alkanes) is 1. The Hall–Kier alpha value is -2.95. The van der Waals surface area contributed by atoms with Gasteiger partial charge in [0.25, 0.3) is 6.02 Å². The number of nitrogens with one attached hydrogen (secondary N) is 1. The highest BCUT2D eigenvalue weighted by molar-refractivity contribution is 5.98. The van der Waals surface area contributed by atoms with Crippen LogP contribution < -0.4 is 5.32 Å². The molecule has 2 fully saturated rings. The minimum Gasteiger partial charge on any atom is -0.389 e. The van der Waals surface area contributed by atoms with Crippen LogP contribution in [0, 0.1) is 0 Å². The molecular formula is C31H40N2O3. The topological polar surface area (TPSA) is 67.8 Å². The molecule has 5 heteroatoms. The van der Waals surface area contributed by atoms with Crippen molar-refractivity contribution in [1.29, 1.82) is 0 Å². The number of esters is 1. The number of carbonyl (C=O) groups excluding carboxylic acids is 2. The van der Waals surface area contributed by atoms with Gasteiger partial charge in [0, 0.05) is 18.0 Å². The van der Waals surface area contributed by atoms with Crippen molar-refractivity contribution in [3.05, 3.63) is 59.7 Å². The highest BCUT2D eigenvalue weighted by Crippen LogP contribution is 2.23. The summed E-state index contributed by atoms with van der Waals surface area (Å²) in [5.74, 6) is -0.190. The third-order valence-corrected chi connectivity index (χ3v) is 7.41. The average molecular weight is 489 g/mol. The van der Waals surface area contributed by atoms with Crippen LogP contribution in [0.5, 0.6) is 0 Å². The van der Waals surface area contributed by atoms with E-state index in [1.165, 1.54) is 38.5 Å². The van der Waals surface area contributed by atoms with E-state index >= 15 is 0 Å². The van der Waals surface area contributed by atoms with E-state index in [9.17, 15) is 9.59 Å². The molecule has 0 unspecified atom stereocenters. The van der Waals surface area contributed by atoms with Gasteiger partial charge in [0.2, 0.25) is 0 Å². The summed E-state index contributed by atoms with van der Waals surface area (Å²) in [5, 5.41) is 3.45. The van der Waals surface area contributed by atoms with Crippen LogP contribution in [-0.2, 0) is 4.74 Å². The third-order valence-electron chi connectivity index (χ3n) is 7.41. The van der Waals surface area contributed by atoms with Crippen molar-refractivity contribution >= 4 is 17.8 Å². The van der Waals surface area contributed by atoms with Crippen LogP contribution in [-0.4, -0.2) is 29.9 Å². The van der Waals surface area contributed by atoms with Gasteiger partial charge in [-0.1, -0.05) is 88.3 Å². The van der Waals surface area contributed by atoms with Crippen LogP contribution in [0.15, 0.2) is 53.5 Å². The van der Waals surface area contributed by atoms with Crippen LogP contribution in [0.25, 0.3) is 11.1 Å². The van der Waals surface area contributed by atoms with Gasteiger partial charge in [0.05, 0.1) is 11.6 Å². The molecule has 0 radical (unpaired) electrons. The summed E-state index contributed by atoms with van der Waals surface area (Å²) < 4.78 is 5.82. The second-order valence-electron chi connectivity index (χ2n) is 10.3. The number of hydrogen-bond donors (Lipinski definition) is 1. The van der Waals surface area contributed by atoms with Gasteiger partial charge in [-0.05, 0) is 55.4 Å². The van der Waals surface area contributed by atoms with Crippen LogP contribution in [0.2, 0.25) is 0 Å². The van der Waals surface area contributed by atoms with Gasteiger partial charge < -0.3 is 10.1 Å². The molecule has 0 atom stereocenters. The van der Waals surface area contributed by atoms with Crippen molar-refractivity contribution in [2.45, 2.75) is 102 Å². The number of benzene rings is 2. The Bertz CT molecular complexity index is 1010. The normalized spacial score (nSPS) is 17.5. The molecule has 2 aliphatic rings. The van der Waals surface area contributed by atoms with Gasteiger partial charge in [-0.25, -0.2) is 9.79 Å². The fraction of sp³-hybridized carbons (Fsp3) is 0.516. The van der Waals surface area contributed by atoms with Crippen molar-refractivity contribution in [3.8, 4) is 11.1 Å². The van der Waals surface area contributed by atoms with E-state index in [2.05, 4.69) is 12.2 Å². The van der Waals surface area contributed by atoms with Gasteiger partial charge in [0.15, 0.2) is 5.78 Å². The first kappa shape index (κ1) is 26.1. The Morgan fingerprint density at radius 2 is 1.36 bits per heavy atom. The molecule has 1 N–H and O–H groups in total. The minimum absolute atomic E-state index is 0.189. The number of ketones is 1. The number of Topliss-reactive ketones (excluding diaryl/α,β-unsaturated/α-hetero) is 1. The standard InChI is InChI=1S/C31H40N2O3/c1-2-3-14-29(34)25-19-15-23(16-20-25)24-17-21-26(22-18-24)30(35)36-31(32-27-10-6-4-7-11-27)33-28-12-8-5-9-13-28/h15-22,27-28H,2-14H2,1H3,(H,32,33). The first-order chi connectivity index (χ1) is 17.6. The lowest BCUT2D eigenvalue weighted by molar-refractivity contribution is 0.0703. The van der Waals surface area contributed by atoms with Crippen molar-refractivity contribution < 1.29 is 14.3 Å². The highest BCUT2D eigenvalue weighted by Gasteiger charge is 2.21. The third kappa shape index (κ3) is 7.52. The number of hydrogen-bond acceptors (Lipinski definition) is 4. The highest BCUT2D eigenvalue weighted by atomic mass is 16.6. The van der Waals surface area contributed by atoms with E-state index in [1.54, 1.807) is 12.1 Å². The van der Waals surface area contributed by atoms with Gasteiger partial charge in [-0.3, -0.25) is 4.79 Å². The molecule has 2 aromatic rings. The summed E-state index contributed by atoms with van der Waals surface area (Å²) >= 11 is 0. The smallest absolute Gasteiger partial charge is 0.345 e. The van der Waals surface area contributed by atoms with Crippen molar-refractivity contribution in [2.75, 3.05) is 0 Å². The zero-order valence-electron chi connectivity index (χ0n) is 21.6. The number of rotatable bonds is 8. The molecule has 0 spiro atoms. The molecule has 0 bridgehead atoms. The molecule has 0 aromatic heterocycles. The number of aliphatic imine (C=N–C) groups is 1. The van der Waals surface area contributed by atoms with Crippen LogP contribution in [0.3, 0.4) is 0 Å². The molecule has 2 aromatic carbocycles. The van der Waals surface area contributed by atoms with Gasteiger partial charge in [-0.2, -0.15) is 0 Å². The molecule has 5 nitrogen and oxygen atoms in total. The number of amidine groups is 1. The van der Waals surface area contributed by atoms with E-state index in [4.69, 9.17) is 9.73 Å². The zero-order valence-corrected chi connectivity index (χ0v) is 21.6. The predicted molar refractivity (Wildman–Crippen MR) is 145 cm³/mol. The maximum absolute atomic E-state index is 13.0. The largest absolute Gasteiger partial charge is 0.389 e. The zero-order chi connectivity index (χ0) is 25.2. The minimum atomic E-state index is -0.378. The van der Waals surface area contributed by atoms with Crippen LogP contribution in [0.4, 0.5) is 0 Å². The number of ether oxygens (including phenoxy) is 1. The fourth-order valence-corrected chi connectivity index (χ4v) is 5.17. The maximum Gasteiger partial charge on any atom is 0.345 e. The predicted octanol–water partition coefficient (Wildman–Crippen LogP) is 7.49. The quantitative estimate of drug-likeness (QED) is 0.181. The molecule has 0 heterocycles. The first-order valence-electron chi connectivity index (χ1n) is 13.9. The van der Waals surface area contributed by atoms with E-state index in [-0.39, 0.29) is 17.8 Å². The monoisotopic (exact) mass is 488 g/mol. The van der Waals surface area contributed by atoms with Gasteiger partial charge in [-0.15, -0.1) is 0 Å². The molecular weight excluding hydrogens is 448 g/mol. The number of carbonyl (C=O) groups is 2. The van der Waals surface area contributed by atoms with Crippen molar-refractivity contribution in [3.63, 3.8) is 0 Å². The maximum atomic E-state index is 13.0. The summed E-state index contributed by atoms with van der Waals surface area (Å²) in [6.45, 7) is 2.09. The van der Waals surface area contributed by atoms with Crippen LogP contribution in [0.1, 0.15) is 111 Å². The van der Waals surface area contributed by atoms with E-state index in [0.29, 0.717) is 24.0 Å². The second kappa shape index (κ2) is 13.4. The molecule has 0 saturated heterocycles. The van der Waals surface area contributed by atoms with E-state index < -0.39 is 0 Å².